The maximum Gasteiger partial charge on any atom is 0.335 e. The third-order valence-corrected chi connectivity index (χ3v) is 10.6. The van der Waals surface area contributed by atoms with Crippen LogP contribution in [-0.2, 0) is 16.2 Å². The molecule has 4 aromatic carbocycles. The molecule has 5 heterocycles. The molecule has 2 aliphatic heterocycles. The molecule has 55 heavy (non-hydrogen) atoms. The van der Waals surface area contributed by atoms with Crippen LogP contribution >= 0.6 is 0 Å². The summed E-state index contributed by atoms with van der Waals surface area (Å²) in [5.74, 6) is 0.843. The van der Waals surface area contributed by atoms with Crippen molar-refractivity contribution in [3.8, 4) is 45.6 Å². The van der Waals surface area contributed by atoms with Crippen molar-refractivity contribution in [3.63, 3.8) is 0 Å². The molecular formula is C45H42N8O2. The van der Waals surface area contributed by atoms with E-state index in [-0.39, 0.29) is 21.8 Å². The molecule has 2 aliphatic rings. The molecule has 0 amide bonds. The van der Waals surface area contributed by atoms with Crippen LogP contribution in [0.1, 0.15) is 89.4 Å². The van der Waals surface area contributed by atoms with Gasteiger partial charge < -0.3 is 15.1 Å². The number of H-pyrrole nitrogens is 2. The van der Waals surface area contributed by atoms with Gasteiger partial charge in [-0.3, -0.25) is 0 Å². The molecule has 0 saturated carbocycles. The third kappa shape index (κ3) is 5.66. The van der Waals surface area contributed by atoms with Crippen LogP contribution in [0.25, 0.3) is 89.7 Å². The normalized spacial score (nSPS) is 13.0. The summed E-state index contributed by atoms with van der Waals surface area (Å²) in [6.07, 6.45) is 0. The summed E-state index contributed by atoms with van der Waals surface area (Å²) in [5.41, 5.74) is 8.56. The van der Waals surface area contributed by atoms with E-state index in [1.807, 2.05) is 0 Å². The Hall–Kier alpha value is -6.29. The fourth-order valence-corrected chi connectivity index (χ4v) is 7.53. The lowest BCUT2D eigenvalue weighted by Crippen LogP contribution is -2.12. The van der Waals surface area contributed by atoms with Gasteiger partial charge in [-0.05, 0) is 63.3 Å². The maximum atomic E-state index is 12.2. The maximum absolute atomic E-state index is 12.2. The Morgan fingerprint density at radius 3 is 1.51 bits per heavy atom. The minimum absolute atomic E-state index is 0.119. The van der Waals surface area contributed by atoms with Gasteiger partial charge in [-0.25, -0.2) is 34.7 Å². The number of nitrogens with one attached hydrogen (secondary N) is 2. The van der Waals surface area contributed by atoms with E-state index in [0.717, 1.165) is 49.4 Å². The molecule has 0 aliphatic carbocycles. The lowest BCUT2D eigenvalue weighted by molar-refractivity contribution is 0.0697. The second-order valence-electron chi connectivity index (χ2n) is 17.7. The zero-order chi connectivity index (χ0) is 38.8. The van der Waals surface area contributed by atoms with Gasteiger partial charge >= 0.3 is 5.97 Å². The van der Waals surface area contributed by atoms with Crippen LogP contribution in [0.5, 0.6) is 0 Å². The third-order valence-electron chi connectivity index (χ3n) is 10.6. The first-order valence-corrected chi connectivity index (χ1v) is 18.6. The van der Waals surface area contributed by atoms with Gasteiger partial charge in [-0.15, -0.1) is 0 Å². The van der Waals surface area contributed by atoms with Crippen molar-refractivity contribution in [3.05, 3.63) is 95.1 Å². The number of hydrogen-bond donors (Lipinski definition) is 3. The lowest BCUT2D eigenvalue weighted by Gasteiger charge is -2.22. The molecule has 0 unspecified atom stereocenters. The number of aromatic nitrogens is 8. The molecule has 8 bridgehead atoms. The predicted octanol–water partition coefficient (Wildman–Crippen LogP) is 10.5. The minimum Gasteiger partial charge on any atom is -0.478 e. The van der Waals surface area contributed by atoms with E-state index in [9.17, 15) is 9.90 Å². The van der Waals surface area contributed by atoms with E-state index in [2.05, 4.69) is 127 Å². The smallest absolute Gasteiger partial charge is 0.335 e. The van der Waals surface area contributed by atoms with Gasteiger partial charge in [0, 0.05) is 43.8 Å². The van der Waals surface area contributed by atoms with Crippen molar-refractivity contribution in [2.75, 3.05) is 0 Å². The number of hydrogen-bond acceptors (Lipinski definition) is 7. The van der Waals surface area contributed by atoms with E-state index in [4.69, 9.17) is 29.9 Å². The molecule has 7 aromatic rings. The van der Waals surface area contributed by atoms with Crippen LogP contribution in [0, 0.1) is 0 Å². The van der Waals surface area contributed by atoms with Crippen molar-refractivity contribution in [1.82, 2.24) is 39.9 Å². The largest absolute Gasteiger partial charge is 0.478 e. The number of aromatic carboxylic acids is 1. The Morgan fingerprint density at radius 2 is 0.982 bits per heavy atom. The topological polar surface area (TPSA) is 146 Å². The number of benzene rings is 4. The fraction of sp³-hybridized carbons (Fsp3) is 0.267. The Labute approximate surface area is 318 Å². The van der Waals surface area contributed by atoms with Crippen LogP contribution in [-0.4, -0.2) is 50.9 Å². The molecule has 0 fully saturated rings. The molecule has 3 N–H and O–H groups in total. The van der Waals surface area contributed by atoms with Crippen LogP contribution in [0.2, 0.25) is 0 Å². The van der Waals surface area contributed by atoms with Gasteiger partial charge in [0.2, 0.25) is 0 Å². The molecule has 0 radical (unpaired) electrons. The summed E-state index contributed by atoms with van der Waals surface area (Å²) in [7, 11) is 0. The number of fused-ring (bicyclic) bond motifs is 20. The van der Waals surface area contributed by atoms with Gasteiger partial charge in [-0.2, -0.15) is 0 Å². The summed E-state index contributed by atoms with van der Waals surface area (Å²) in [5, 5.41) is 13.5. The second-order valence-corrected chi connectivity index (χ2v) is 17.7. The molecule has 10 nitrogen and oxygen atoms in total. The van der Waals surface area contributed by atoms with Crippen LogP contribution in [0.3, 0.4) is 0 Å². The fourth-order valence-electron chi connectivity index (χ4n) is 7.53. The molecular weight excluding hydrogens is 685 g/mol. The van der Waals surface area contributed by atoms with Crippen molar-refractivity contribution in [2.24, 2.45) is 0 Å². The number of nitrogens with zero attached hydrogens (tertiary/aromatic N) is 6. The van der Waals surface area contributed by atoms with Crippen molar-refractivity contribution in [2.45, 2.75) is 78.6 Å². The first-order valence-electron chi connectivity index (χ1n) is 18.6. The van der Waals surface area contributed by atoms with Crippen LogP contribution < -0.4 is 0 Å². The van der Waals surface area contributed by atoms with E-state index < -0.39 is 5.97 Å². The summed E-state index contributed by atoms with van der Waals surface area (Å²) in [6.45, 7) is 19.7. The van der Waals surface area contributed by atoms with Gasteiger partial charge in [0.05, 0.1) is 5.56 Å². The highest BCUT2D eigenvalue weighted by Crippen LogP contribution is 2.42. The Bertz CT molecular complexity index is 2950. The van der Waals surface area contributed by atoms with E-state index in [0.29, 0.717) is 57.0 Å². The molecule has 3 aromatic heterocycles. The average molecular weight is 727 g/mol. The predicted molar refractivity (Wildman–Crippen MR) is 219 cm³/mol. The number of aromatic amines is 2. The summed E-state index contributed by atoms with van der Waals surface area (Å²) < 4.78 is 0. The highest BCUT2D eigenvalue weighted by atomic mass is 16.4. The van der Waals surface area contributed by atoms with Gasteiger partial charge in [0.1, 0.15) is 22.6 Å². The molecule has 9 rings (SSSR count). The number of carboxylic acid groups (broad SMARTS) is 1. The Balaban J connectivity index is 1.49. The minimum atomic E-state index is -1.04. The van der Waals surface area contributed by atoms with Gasteiger partial charge in [-0.1, -0.05) is 105 Å². The second kappa shape index (κ2) is 11.6. The molecule has 0 saturated heterocycles. The first-order chi connectivity index (χ1) is 25.9. The molecule has 274 valence electrons. The average Bonchev–Trinajstić information content (AvgIpc) is 3.85. The van der Waals surface area contributed by atoms with E-state index in [1.54, 1.807) is 18.2 Å². The number of carbonyl (C=O) groups is 1. The lowest BCUT2D eigenvalue weighted by atomic mass is 9.82. The molecule has 0 spiro atoms. The standard InChI is InChI=1S/C45H42N8O2/c1-43(2,3)23-14-17-26-30(20-23)40-49-35(26)47-38-29-19-22(42(54)55)13-16-25(29)34(46-38)48-39-31-21-24(44(4,5)6)15-18-27(31)36(50-39)52-41-33-28(37(51-40)53-41)11-10-12-32(33)45(7,8)9/h10-21H,1-9H3,(H,54,55)(H2,46,47,48,49,50,51,52,53). The Morgan fingerprint density at radius 1 is 0.491 bits per heavy atom. The van der Waals surface area contributed by atoms with Crippen molar-refractivity contribution < 1.29 is 9.90 Å². The summed E-state index contributed by atoms with van der Waals surface area (Å²) in [4.78, 5) is 50.2. The SMILES string of the molecule is CC(C)(C)c1ccc2c3nc4nc(nc5[nH]c(nc6nc(nc([nH]3)c2c1)-c1ccc(C(=O)O)cc1-6)c1ccc(C(C)(C)C)cc51)-c1cccc(C(C)(C)C)c1-4. The van der Waals surface area contributed by atoms with Gasteiger partial charge in [0.25, 0.3) is 0 Å². The summed E-state index contributed by atoms with van der Waals surface area (Å²) >= 11 is 0. The number of carboxylic acids is 1. The van der Waals surface area contributed by atoms with Crippen LogP contribution in [0.4, 0.5) is 0 Å². The quantitative estimate of drug-likeness (QED) is 0.151. The molecule has 10 heteroatoms. The summed E-state index contributed by atoms with van der Waals surface area (Å²) in [6, 6.07) is 23.9. The zero-order valence-corrected chi connectivity index (χ0v) is 32.5. The van der Waals surface area contributed by atoms with Gasteiger partial charge in [0.15, 0.2) is 23.3 Å². The van der Waals surface area contributed by atoms with E-state index >= 15 is 0 Å². The molecule has 0 atom stereocenters. The van der Waals surface area contributed by atoms with Crippen molar-refractivity contribution >= 4 is 50.1 Å². The Kier molecular flexibility index (Phi) is 7.27. The monoisotopic (exact) mass is 726 g/mol. The van der Waals surface area contributed by atoms with E-state index in [1.165, 1.54) is 0 Å². The highest BCUT2D eigenvalue weighted by molar-refractivity contribution is 6.07. The van der Waals surface area contributed by atoms with Crippen molar-refractivity contribution in [1.29, 1.82) is 0 Å². The zero-order valence-electron chi connectivity index (χ0n) is 32.5. The first kappa shape index (κ1) is 34.5. The highest BCUT2D eigenvalue weighted by Gasteiger charge is 2.29. The van der Waals surface area contributed by atoms with Crippen LogP contribution in [0.15, 0.2) is 72.8 Å². The number of rotatable bonds is 1.